The number of halogens is 1. The van der Waals surface area contributed by atoms with Gasteiger partial charge in [-0.2, -0.15) is 0 Å². The van der Waals surface area contributed by atoms with Crippen LogP contribution in [0.2, 0.25) is 0 Å². The van der Waals surface area contributed by atoms with E-state index in [9.17, 15) is 19.1 Å². The Hall–Kier alpha value is -3.38. The number of carboxylic acids is 1. The van der Waals surface area contributed by atoms with Crippen LogP contribution in [0.25, 0.3) is 6.08 Å². The SMILES string of the molecule is O=C([O-])c1ccc(C=C2Sc3ccccc3N(Cc3ccccc3F)C2=O)cc1. The molecule has 0 spiro atoms. The second kappa shape index (κ2) is 7.93. The van der Waals surface area contributed by atoms with E-state index in [0.29, 0.717) is 16.0 Å². The van der Waals surface area contributed by atoms with Gasteiger partial charge < -0.3 is 14.8 Å². The molecule has 0 bridgehead atoms. The van der Waals surface area contributed by atoms with Gasteiger partial charge in [0, 0.05) is 10.5 Å². The molecule has 4 nitrogen and oxygen atoms in total. The molecule has 144 valence electrons. The smallest absolute Gasteiger partial charge is 0.265 e. The zero-order valence-electron chi connectivity index (χ0n) is 15.2. The molecule has 1 amide bonds. The molecule has 1 aliphatic rings. The summed E-state index contributed by atoms with van der Waals surface area (Å²) in [4.78, 5) is 27.0. The highest BCUT2D eigenvalue weighted by Gasteiger charge is 2.29. The zero-order chi connectivity index (χ0) is 20.4. The number of fused-ring (bicyclic) bond motifs is 1. The first-order valence-electron chi connectivity index (χ1n) is 8.88. The Balaban J connectivity index is 1.71. The molecule has 3 aromatic rings. The fourth-order valence-electron chi connectivity index (χ4n) is 3.08. The van der Waals surface area contributed by atoms with Crippen LogP contribution in [0.5, 0.6) is 0 Å². The second-order valence-electron chi connectivity index (χ2n) is 6.47. The quantitative estimate of drug-likeness (QED) is 0.620. The van der Waals surface area contributed by atoms with Gasteiger partial charge >= 0.3 is 0 Å². The lowest BCUT2D eigenvalue weighted by atomic mass is 10.1. The standard InChI is InChI=1S/C23H16FNO3S/c24-18-6-2-1-5-17(18)14-25-19-7-3-4-8-20(19)29-21(22(25)26)13-15-9-11-16(12-10-15)23(27)28/h1-13H,14H2,(H,27,28)/p-1. The fourth-order valence-corrected chi connectivity index (χ4v) is 4.14. The highest BCUT2D eigenvalue weighted by Crippen LogP contribution is 2.42. The van der Waals surface area contributed by atoms with Crippen molar-refractivity contribution in [2.75, 3.05) is 4.90 Å². The number of hydrogen-bond donors (Lipinski definition) is 0. The van der Waals surface area contributed by atoms with Gasteiger partial charge in [0.25, 0.3) is 5.91 Å². The van der Waals surface area contributed by atoms with E-state index in [1.54, 1.807) is 41.3 Å². The number of para-hydroxylation sites is 1. The van der Waals surface area contributed by atoms with Crippen molar-refractivity contribution in [1.82, 2.24) is 0 Å². The van der Waals surface area contributed by atoms with Crippen LogP contribution in [0, 0.1) is 5.82 Å². The maximum absolute atomic E-state index is 14.2. The summed E-state index contributed by atoms with van der Waals surface area (Å²) >= 11 is 1.34. The molecule has 1 heterocycles. The first kappa shape index (κ1) is 19.0. The third kappa shape index (κ3) is 3.93. The van der Waals surface area contributed by atoms with Crippen LogP contribution in [0.4, 0.5) is 10.1 Å². The normalized spacial score (nSPS) is 14.7. The number of carbonyl (C=O) groups is 2. The Labute approximate surface area is 171 Å². The van der Waals surface area contributed by atoms with Crippen molar-refractivity contribution in [2.24, 2.45) is 0 Å². The third-order valence-electron chi connectivity index (χ3n) is 4.56. The van der Waals surface area contributed by atoms with Crippen molar-refractivity contribution >= 4 is 35.4 Å². The summed E-state index contributed by atoms with van der Waals surface area (Å²) in [5, 5.41) is 10.9. The predicted octanol–water partition coefficient (Wildman–Crippen LogP) is 3.87. The number of thioether (sulfide) groups is 1. The van der Waals surface area contributed by atoms with Crippen molar-refractivity contribution in [3.05, 3.63) is 100 Å². The lowest BCUT2D eigenvalue weighted by molar-refractivity contribution is -0.255. The van der Waals surface area contributed by atoms with Crippen LogP contribution in [0.3, 0.4) is 0 Å². The Morgan fingerprint density at radius 2 is 1.69 bits per heavy atom. The van der Waals surface area contributed by atoms with E-state index in [0.717, 1.165) is 10.6 Å². The molecular formula is C23H15FNO3S-. The van der Waals surface area contributed by atoms with Crippen molar-refractivity contribution in [3.63, 3.8) is 0 Å². The molecule has 0 atom stereocenters. The Kier molecular flexibility index (Phi) is 5.18. The van der Waals surface area contributed by atoms with Gasteiger partial charge in [0.05, 0.1) is 23.1 Å². The molecule has 29 heavy (non-hydrogen) atoms. The summed E-state index contributed by atoms with van der Waals surface area (Å²) in [6, 6.07) is 20.0. The lowest BCUT2D eigenvalue weighted by Crippen LogP contribution is -2.34. The third-order valence-corrected chi connectivity index (χ3v) is 5.64. The highest BCUT2D eigenvalue weighted by molar-refractivity contribution is 8.04. The lowest BCUT2D eigenvalue weighted by Gasteiger charge is -2.30. The largest absolute Gasteiger partial charge is 0.545 e. The minimum atomic E-state index is -1.25. The van der Waals surface area contributed by atoms with Gasteiger partial charge in [-0.05, 0) is 35.4 Å². The summed E-state index contributed by atoms with van der Waals surface area (Å²) in [5.41, 5.74) is 1.92. The molecule has 1 aliphatic heterocycles. The number of carbonyl (C=O) groups excluding carboxylic acids is 2. The molecule has 0 radical (unpaired) electrons. The molecule has 0 unspecified atom stereocenters. The van der Waals surface area contributed by atoms with E-state index >= 15 is 0 Å². The second-order valence-corrected chi connectivity index (χ2v) is 7.55. The molecule has 3 aromatic carbocycles. The average Bonchev–Trinajstić information content (AvgIpc) is 2.73. The number of benzene rings is 3. The van der Waals surface area contributed by atoms with Gasteiger partial charge in [-0.25, -0.2) is 4.39 Å². The van der Waals surface area contributed by atoms with Crippen LogP contribution in [0.1, 0.15) is 21.5 Å². The van der Waals surface area contributed by atoms with Crippen LogP contribution in [0.15, 0.2) is 82.6 Å². The molecule has 4 rings (SSSR count). The van der Waals surface area contributed by atoms with Crippen molar-refractivity contribution in [3.8, 4) is 0 Å². The first-order valence-corrected chi connectivity index (χ1v) is 9.70. The molecule has 0 aliphatic carbocycles. The predicted molar refractivity (Wildman–Crippen MR) is 109 cm³/mol. The summed E-state index contributed by atoms with van der Waals surface area (Å²) < 4.78 is 14.2. The van der Waals surface area contributed by atoms with Gasteiger partial charge in [-0.1, -0.05) is 66.4 Å². The van der Waals surface area contributed by atoms with Crippen LogP contribution < -0.4 is 10.0 Å². The maximum atomic E-state index is 14.2. The number of nitrogens with zero attached hydrogens (tertiary/aromatic N) is 1. The van der Waals surface area contributed by atoms with E-state index < -0.39 is 5.97 Å². The molecule has 0 saturated heterocycles. The number of aromatic carboxylic acids is 1. The van der Waals surface area contributed by atoms with E-state index in [-0.39, 0.29) is 23.8 Å². The van der Waals surface area contributed by atoms with E-state index in [4.69, 9.17) is 0 Å². The maximum Gasteiger partial charge on any atom is 0.265 e. The van der Waals surface area contributed by atoms with Crippen LogP contribution >= 0.6 is 11.8 Å². The first-order chi connectivity index (χ1) is 14.0. The Bertz CT molecular complexity index is 1120. The van der Waals surface area contributed by atoms with Gasteiger partial charge in [0.2, 0.25) is 0 Å². The molecule has 0 saturated carbocycles. The zero-order valence-corrected chi connectivity index (χ0v) is 16.0. The molecule has 0 fully saturated rings. The number of anilines is 1. The summed E-state index contributed by atoms with van der Waals surface area (Å²) in [6.07, 6.45) is 1.70. The molecule has 0 N–H and O–H groups in total. The number of amides is 1. The van der Waals surface area contributed by atoms with Gasteiger partial charge in [-0.3, -0.25) is 4.79 Å². The molecule has 6 heteroatoms. The van der Waals surface area contributed by atoms with Crippen LogP contribution in [-0.2, 0) is 11.3 Å². The van der Waals surface area contributed by atoms with E-state index in [1.807, 2.05) is 24.3 Å². The minimum absolute atomic E-state index is 0.0706. The van der Waals surface area contributed by atoms with Crippen molar-refractivity contribution in [2.45, 2.75) is 11.4 Å². The Morgan fingerprint density at radius 1 is 1.00 bits per heavy atom. The molecular weight excluding hydrogens is 389 g/mol. The minimum Gasteiger partial charge on any atom is -0.545 e. The van der Waals surface area contributed by atoms with Crippen LogP contribution in [-0.4, -0.2) is 11.9 Å². The molecule has 0 aromatic heterocycles. The van der Waals surface area contributed by atoms with Crippen molar-refractivity contribution < 1.29 is 19.1 Å². The summed E-state index contributed by atoms with van der Waals surface area (Å²) in [7, 11) is 0. The summed E-state index contributed by atoms with van der Waals surface area (Å²) in [6.45, 7) is 0.115. The van der Waals surface area contributed by atoms with Gasteiger partial charge in [-0.15, -0.1) is 0 Å². The fraction of sp³-hybridized carbons (Fsp3) is 0.0435. The average molecular weight is 404 g/mol. The van der Waals surface area contributed by atoms with Crippen molar-refractivity contribution in [1.29, 1.82) is 0 Å². The Morgan fingerprint density at radius 3 is 2.41 bits per heavy atom. The summed E-state index contributed by atoms with van der Waals surface area (Å²) in [5.74, 6) is -1.85. The van der Waals surface area contributed by atoms with E-state index in [2.05, 4.69) is 0 Å². The van der Waals surface area contributed by atoms with Gasteiger partial charge in [0.15, 0.2) is 0 Å². The number of hydrogen-bond acceptors (Lipinski definition) is 4. The van der Waals surface area contributed by atoms with E-state index in [1.165, 1.54) is 30.0 Å². The highest BCUT2D eigenvalue weighted by atomic mass is 32.2. The number of carboxylic acid groups (broad SMARTS) is 1. The van der Waals surface area contributed by atoms with Gasteiger partial charge in [0.1, 0.15) is 5.82 Å². The topological polar surface area (TPSA) is 60.4 Å². The number of rotatable bonds is 4. The monoisotopic (exact) mass is 404 g/mol.